The molecule has 0 spiro atoms. The molecular weight excluding hydrogens is 386 g/mol. The predicted molar refractivity (Wildman–Crippen MR) is 116 cm³/mol. The molecule has 0 bridgehead atoms. The fraction of sp³-hybridized carbons (Fsp3) is 0.261. The Labute approximate surface area is 171 Å². The maximum Gasteiger partial charge on any atom is 0.235 e. The number of amides is 1. The van der Waals surface area contributed by atoms with Gasteiger partial charge in [-0.15, -0.1) is 0 Å². The quantitative estimate of drug-likeness (QED) is 0.519. The van der Waals surface area contributed by atoms with Crippen LogP contribution < -0.4 is 10.1 Å². The molecule has 3 aromatic carbocycles. The molecule has 0 aromatic heterocycles. The molecule has 0 atom stereocenters. The summed E-state index contributed by atoms with van der Waals surface area (Å²) >= 11 is 0. The van der Waals surface area contributed by atoms with Crippen molar-refractivity contribution in [3.8, 4) is 5.75 Å². The molecule has 0 aliphatic rings. The lowest BCUT2D eigenvalue weighted by Gasteiger charge is -2.09. The summed E-state index contributed by atoms with van der Waals surface area (Å²) in [5.74, 6) is -0.265. The van der Waals surface area contributed by atoms with E-state index in [0.717, 1.165) is 16.3 Å². The van der Waals surface area contributed by atoms with Crippen LogP contribution in [-0.2, 0) is 21.1 Å². The maximum absolute atomic E-state index is 12.1. The van der Waals surface area contributed by atoms with Gasteiger partial charge in [-0.2, -0.15) is 0 Å². The van der Waals surface area contributed by atoms with E-state index in [0.29, 0.717) is 18.6 Å². The van der Waals surface area contributed by atoms with Crippen LogP contribution in [0.1, 0.15) is 12.0 Å². The number of aryl methyl sites for hydroxylation is 1. The van der Waals surface area contributed by atoms with Crippen molar-refractivity contribution in [2.75, 3.05) is 24.7 Å². The molecule has 3 rings (SSSR count). The highest BCUT2D eigenvalue weighted by Gasteiger charge is 2.16. The van der Waals surface area contributed by atoms with Gasteiger partial charge >= 0.3 is 0 Å². The summed E-state index contributed by atoms with van der Waals surface area (Å²) in [5, 5.41) is 4.82. The summed E-state index contributed by atoms with van der Waals surface area (Å²) in [7, 11) is -3.42. The summed E-state index contributed by atoms with van der Waals surface area (Å²) in [6, 6.07) is 23.5. The number of nitrogens with one attached hydrogen (secondary N) is 1. The van der Waals surface area contributed by atoms with E-state index < -0.39 is 21.5 Å². The molecule has 1 amide bonds. The molecule has 1 N–H and O–H groups in total. The number of hydrogen-bond acceptors (Lipinski definition) is 4. The van der Waals surface area contributed by atoms with E-state index in [1.54, 1.807) is 0 Å². The van der Waals surface area contributed by atoms with Crippen LogP contribution in [0.25, 0.3) is 10.8 Å². The van der Waals surface area contributed by atoms with Crippen LogP contribution in [0.2, 0.25) is 0 Å². The van der Waals surface area contributed by atoms with E-state index in [4.69, 9.17) is 4.74 Å². The molecule has 0 aliphatic carbocycles. The summed E-state index contributed by atoms with van der Waals surface area (Å²) in [6.07, 6.45) is 1.19. The number of rotatable bonds is 10. The topological polar surface area (TPSA) is 72.5 Å². The standard InChI is InChI=1S/C23H25NO4S/c25-23(18-29(26,27)16-6-9-19-7-2-1-3-8-19)24-14-15-28-22-13-12-20-10-4-5-11-21(20)17-22/h1-5,7-8,10-13,17H,6,9,14-16,18H2,(H,24,25). The normalized spacial score (nSPS) is 11.3. The Morgan fingerprint density at radius 1 is 0.897 bits per heavy atom. The van der Waals surface area contributed by atoms with E-state index in [1.807, 2.05) is 72.8 Å². The average molecular weight is 412 g/mol. The van der Waals surface area contributed by atoms with Crippen LogP contribution in [0.5, 0.6) is 5.75 Å². The highest BCUT2D eigenvalue weighted by molar-refractivity contribution is 7.92. The third-order valence-corrected chi connectivity index (χ3v) is 6.14. The van der Waals surface area contributed by atoms with Crippen molar-refractivity contribution in [2.45, 2.75) is 12.8 Å². The van der Waals surface area contributed by atoms with Gasteiger partial charge in [0, 0.05) is 0 Å². The summed E-state index contributed by atoms with van der Waals surface area (Å²) < 4.78 is 29.9. The minimum Gasteiger partial charge on any atom is -0.492 e. The second-order valence-corrected chi connectivity index (χ2v) is 9.07. The Morgan fingerprint density at radius 2 is 1.62 bits per heavy atom. The van der Waals surface area contributed by atoms with Crippen molar-refractivity contribution in [3.05, 3.63) is 78.4 Å². The van der Waals surface area contributed by atoms with Crippen molar-refractivity contribution < 1.29 is 17.9 Å². The van der Waals surface area contributed by atoms with Crippen LogP contribution in [0.3, 0.4) is 0 Å². The average Bonchev–Trinajstić information content (AvgIpc) is 2.71. The van der Waals surface area contributed by atoms with Gasteiger partial charge in [-0.3, -0.25) is 4.79 Å². The molecule has 0 heterocycles. The Morgan fingerprint density at radius 3 is 2.41 bits per heavy atom. The second-order valence-electron chi connectivity index (χ2n) is 6.89. The van der Waals surface area contributed by atoms with Gasteiger partial charge in [0.15, 0.2) is 9.84 Å². The van der Waals surface area contributed by atoms with Crippen molar-refractivity contribution in [1.82, 2.24) is 5.32 Å². The van der Waals surface area contributed by atoms with Gasteiger partial charge in [0.2, 0.25) is 5.91 Å². The van der Waals surface area contributed by atoms with Gasteiger partial charge in [0.1, 0.15) is 18.1 Å². The monoisotopic (exact) mass is 411 g/mol. The van der Waals surface area contributed by atoms with Crippen molar-refractivity contribution in [2.24, 2.45) is 0 Å². The Balaban J connectivity index is 1.36. The molecule has 5 nitrogen and oxygen atoms in total. The first kappa shape index (κ1) is 20.9. The number of carbonyl (C=O) groups is 1. The minimum atomic E-state index is -3.42. The molecule has 0 saturated carbocycles. The number of fused-ring (bicyclic) bond motifs is 1. The molecule has 3 aromatic rings. The molecular formula is C23H25NO4S. The Kier molecular flexibility index (Phi) is 7.25. The number of ether oxygens (including phenoxy) is 1. The number of hydrogen-bond donors (Lipinski definition) is 1. The third-order valence-electron chi connectivity index (χ3n) is 4.53. The van der Waals surface area contributed by atoms with Gasteiger partial charge in [-0.1, -0.05) is 60.7 Å². The first-order valence-electron chi connectivity index (χ1n) is 9.64. The zero-order chi connectivity index (χ0) is 20.5. The molecule has 6 heteroatoms. The SMILES string of the molecule is O=C(CS(=O)(=O)CCCc1ccccc1)NCCOc1ccc2ccccc2c1. The Bertz CT molecular complexity index is 1050. The summed E-state index contributed by atoms with van der Waals surface area (Å²) in [6.45, 7) is 0.531. The summed E-state index contributed by atoms with van der Waals surface area (Å²) in [4.78, 5) is 11.9. The van der Waals surface area contributed by atoms with E-state index in [2.05, 4.69) is 5.32 Å². The van der Waals surface area contributed by atoms with Crippen molar-refractivity contribution in [3.63, 3.8) is 0 Å². The van der Waals surface area contributed by atoms with E-state index in [-0.39, 0.29) is 18.9 Å². The zero-order valence-corrected chi connectivity index (χ0v) is 17.0. The van der Waals surface area contributed by atoms with Gasteiger partial charge in [0.25, 0.3) is 0 Å². The largest absolute Gasteiger partial charge is 0.492 e. The van der Waals surface area contributed by atoms with Gasteiger partial charge in [-0.25, -0.2) is 8.42 Å². The van der Waals surface area contributed by atoms with Crippen molar-refractivity contribution in [1.29, 1.82) is 0 Å². The third kappa shape index (κ3) is 6.91. The number of carbonyl (C=O) groups excluding carboxylic acids is 1. The van der Waals surface area contributed by atoms with E-state index >= 15 is 0 Å². The highest BCUT2D eigenvalue weighted by Crippen LogP contribution is 2.20. The lowest BCUT2D eigenvalue weighted by atomic mass is 10.1. The first-order valence-corrected chi connectivity index (χ1v) is 11.5. The van der Waals surface area contributed by atoms with Crippen LogP contribution in [0.15, 0.2) is 72.8 Å². The predicted octanol–water partition coefficient (Wildman–Crippen LogP) is 3.38. The van der Waals surface area contributed by atoms with Gasteiger partial charge in [-0.05, 0) is 41.3 Å². The van der Waals surface area contributed by atoms with Crippen molar-refractivity contribution >= 4 is 26.5 Å². The number of sulfone groups is 1. The lowest BCUT2D eigenvalue weighted by molar-refractivity contribution is -0.118. The number of benzene rings is 3. The van der Waals surface area contributed by atoms with E-state index in [9.17, 15) is 13.2 Å². The van der Waals surface area contributed by atoms with E-state index in [1.165, 1.54) is 0 Å². The highest BCUT2D eigenvalue weighted by atomic mass is 32.2. The van der Waals surface area contributed by atoms with Crippen LogP contribution in [0, 0.1) is 0 Å². The fourth-order valence-corrected chi connectivity index (χ4v) is 4.31. The summed E-state index contributed by atoms with van der Waals surface area (Å²) in [5.41, 5.74) is 1.10. The lowest BCUT2D eigenvalue weighted by Crippen LogP contribution is -2.34. The smallest absolute Gasteiger partial charge is 0.235 e. The molecule has 29 heavy (non-hydrogen) atoms. The van der Waals surface area contributed by atoms with Crippen LogP contribution >= 0.6 is 0 Å². The molecule has 152 valence electrons. The Hall–Kier alpha value is -2.86. The molecule has 0 radical (unpaired) electrons. The van der Waals surface area contributed by atoms with Crippen LogP contribution in [-0.4, -0.2) is 39.0 Å². The van der Waals surface area contributed by atoms with Gasteiger partial charge in [0.05, 0.1) is 12.3 Å². The maximum atomic E-state index is 12.1. The molecule has 0 unspecified atom stereocenters. The first-order chi connectivity index (χ1) is 14.0. The van der Waals surface area contributed by atoms with Crippen LogP contribution in [0.4, 0.5) is 0 Å². The second kappa shape index (κ2) is 10.1. The molecule has 0 fully saturated rings. The minimum absolute atomic E-state index is 0.00288. The molecule has 0 aliphatic heterocycles. The van der Waals surface area contributed by atoms with Gasteiger partial charge < -0.3 is 10.1 Å². The molecule has 0 saturated heterocycles. The fourth-order valence-electron chi connectivity index (χ4n) is 3.08. The zero-order valence-electron chi connectivity index (χ0n) is 16.2.